The van der Waals surface area contributed by atoms with E-state index in [2.05, 4.69) is 31.4 Å². The van der Waals surface area contributed by atoms with Crippen molar-refractivity contribution in [3.05, 3.63) is 65.3 Å². The van der Waals surface area contributed by atoms with Gasteiger partial charge in [0, 0.05) is 6.20 Å². The number of benzene rings is 1. The van der Waals surface area contributed by atoms with E-state index in [0.29, 0.717) is 16.7 Å². The minimum atomic E-state index is -0.381. The summed E-state index contributed by atoms with van der Waals surface area (Å²) in [4.78, 5) is 24.6. The number of hydrogen-bond donors (Lipinski definition) is 1. The zero-order valence-electron chi connectivity index (χ0n) is 15.8. The highest BCUT2D eigenvalue weighted by atomic mass is 35.5. The standard InChI is InChI=1S/C20H17ClN6O2/c1-12-6-13(2)8-14(7-12)27-19-15(9-25-27)20(24-11-23-19)29-10-17(28)26-16-4-3-5-22-18(16)21/h3-9,11H,10H2,1-2H3,(H,26,28). The van der Waals surface area contributed by atoms with E-state index in [1.807, 2.05) is 26.0 Å². The van der Waals surface area contributed by atoms with Crippen molar-refractivity contribution in [3.8, 4) is 11.6 Å². The molecule has 4 aromatic rings. The van der Waals surface area contributed by atoms with Crippen molar-refractivity contribution >= 4 is 34.2 Å². The van der Waals surface area contributed by atoms with Gasteiger partial charge >= 0.3 is 0 Å². The van der Waals surface area contributed by atoms with Crippen molar-refractivity contribution in [1.29, 1.82) is 0 Å². The fraction of sp³-hybridized carbons (Fsp3) is 0.150. The monoisotopic (exact) mass is 408 g/mol. The number of hydrogen-bond acceptors (Lipinski definition) is 6. The van der Waals surface area contributed by atoms with E-state index in [4.69, 9.17) is 16.3 Å². The number of aryl methyl sites for hydroxylation is 2. The van der Waals surface area contributed by atoms with Gasteiger partial charge in [0.05, 0.1) is 17.6 Å². The summed E-state index contributed by atoms with van der Waals surface area (Å²) in [7, 11) is 0. The zero-order chi connectivity index (χ0) is 20.4. The van der Waals surface area contributed by atoms with Gasteiger partial charge in [0.25, 0.3) is 5.91 Å². The second kappa shape index (κ2) is 7.84. The fourth-order valence-electron chi connectivity index (χ4n) is 3.00. The van der Waals surface area contributed by atoms with E-state index in [1.165, 1.54) is 6.33 Å². The van der Waals surface area contributed by atoms with Gasteiger partial charge in [0.1, 0.15) is 11.7 Å². The minimum absolute atomic E-state index is 0.208. The normalized spacial score (nSPS) is 10.9. The van der Waals surface area contributed by atoms with Gasteiger partial charge in [-0.15, -0.1) is 0 Å². The van der Waals surface area contributed by atoms with E-state index in [-0.39, 0.29) is 23.5 Å². The van der Waals surface area contributed by atoms with Gasteiger partial charge in [-0.1, -0.05) is 17.7 Å². The molecule has 1 aromatic carbocycles. The molecule has 29 heavy (non-hydrogen) atoms. The average molecular weight is 409 g/mol. The summed E-state index contributed by atoms with van der Waals surface area (Å²) in [6.45, 7) is 3.81. The first-order valence-electron chi connectivity index (χ1n) is 8.82. The summed E-state index contributed by atoms with van der Waals surface area (Å²) in [6, 6.07) is 9.47. The van der Waals surface area contributed by atoms with Crippen LogP contribution in [0.2, 0.25) is 5.15 Å². The molecule has 0 spiro atoms. The molecule has 0 aliphatic rings. The summed E-state index contributed by atoms with van der Waals surface area (Å²) in [5.74, 6) is -0.105. The molecular formula is C20H17ClN6O2. The van der Waals surface area contributed by atoms with Crippen LogP contribution in [0.25, 0.3) is 16.7 Å². The van der Waals surface area contributed by atoms with Crippen LogP contribution in [0.1, 0.15) is 11.1 Å². The Morgan fingerprint density at radius 1 is 1.17 bits per heavy atom. The molecule has 0 saturated heterocycles. The van der Waals surface area contributed by atoms with Crippen LogP contribution in [0.4, 0.5) is 5.69 Å². The molecule has 146 valence electrons. The van der Waals surface area contributed by atoms with Gasteiger partial charge in [0.2, 0.25) is 5.88 Å². The predicted molar refractivity (Wildman–Crippen MR) is 110 cm³/mol. The minimum Gasteiger partial charge on any atom is -0.467 e. The molecule has 4 rings (SSSR count). The van der Waals surface area contributed by atoms with Crippen LogP contribution >= 0.6 is 11.6 Å². The summed E-state index contributed by atoms with van der Waals surface area (Å²) in [5.41, 5.74) is 4.15. The number of rotatable bonds is 5. The Morgan fingerprint density at radius 3 is 2.72 bits per heavy atom. The lowest BCUT2D eigenvalue weighted by Crippen LogP contribution is -2.20. The largest absolute Gasteiger partial charge is 0.467 e. The van der Waals surface area contributed by atoms with E-state index in [9.17, 15) is 4.79 Å². The van der Waals surface area contributed by atoms with Crippen molar-refractivity contribution < 1.29 is 9.53 Å². The Bertz CT molecular complexity index is 1190. The molecule has 0 saturated carbocycles. The van der Waals surface area contributed by atoms with Gasteiger partial charge in [0.15, 0.2) is 17.4 Å². The predicted octanol–water partition coefficient (Wildman–Crippen LogP) is 3.50. The van der Waals surface area contributed by atoms with Crippen LogP contribution in [-0.4, -0.2) is 37.2 Å². The lowest BCUT2D eigenvalue weighted by molar-refractivity contribution is -0.118. The summed E-state index contributed by atoms with van der Waals surface area (Å²) in [6.07, 6.45) is 4.55. The molecule has 0 atom stereocenters. The highest BCUT2D eigenvalue weighted by Gasteiger charge is 2.14. The number of carbonyl (C=O) groups is 1. The number of carbonyl (C=O) groups excluding carboxylic acids is 1. The molecule has 0 bridgehead atoms. The number of nitrogens with one attached hydrogen (secondary N) is 1. The molecular weight excluding hydrogens is 392 g/mol. The maximum Gasteiger partial charge on any atom is 0.262 e. The Labute approximate surface area is 171 Å². The number of anilines is 1. The Morgan fingerprint density at radius 2 is 1.97 bits per heavy atom. The molecule has 0 fully saturated rings. The number of halogens is 1. The Balaban J connectivity index is 1.55. The molecule has 3 heterocycles. The SMILES string of the molecule is Cc1cc(C)cc(-n2ncc3c(OCC(=O)Nc4cccnc4Cl)ncnc32)c1. The van der Waals surface area contributed by atoms with Gasteiger partial charge in [-0.05, 0) is 49.2 Å². The fourth-order valence-corrected chi connectivity index (χ4v) is 3.17. The van der Waals surface area contributed by atoms with Crippen molar-refractivity contribution in [3.63, 3.8) is 0 Å². The Kier molecular flexibility index (Phi) is 5.09. The number of nitrogens with zero attached hydrogens (tertiary/aromatic N) is 5. The van der Waals surface area contributed by atoms with E-state index < -0.39 is 0 Å². The van der Waals surface area contributed by atoms with E-state index in [1.54, 1.807) is 29.2 Å². The van der Waals surface area contributed by atoms with Crippen LogP contribution in [0, 0.1) is 13.8 Å². The molecule has 1 amide bonds. The summed E-state index contributed by atoms with van der Waals surface area (Å²) < 4.78 is 7.33. The van der Waals surface area contributed by atoms with E-state index in [0.717, 1.165) is 16.8 Å². The summed E-state index contributed by atoms with van der Waals surface area (Å²) >= 11 is 5.95. The van der Waals surface area contributed by atoms with Crippen molar-refractivity contribution in [2.24, 2.45) is 0 Å². The third-order valence-corrected chi connectivity index (χ3v) is 4.45. The van der Waals surface area contributed by atoms with Crippen LogP contribution < -0.4 is 10.1 Å². The molecule has 8 nitrogen and oxygen atoms in total. The first kappa shape index (κ1) is 18.8. The lowest BCUT2D eigenvalue weighted by Gasteiger charge is -2.09. The third kappa shape index (κ3) is 4.02. The number of amides is 1. The van der Waals surface area contributed by atoms with Crippen molar-refractivity contribution in [1.82, 2.24) is 24.7 Å². The van der Waals surface area contributed by atoms with Crippen LogP contribution in [0.3, 0.4) is 0 Å². The highest BCUT2D eigenvalue weighted by molar-refractivity contribution is 6.32. The summed E-state index contributed by atoms with van der Waals surface area (Å²) in [5, 5.41) is 7.89. The van der Waals surface area contributed by atoms with Crippen LogP contribution in [0.5, 0.6) is 5.88 Å². The molecule has 0 aliphatic heterocycles. The van der Waals surface area contributed by atoms with Gasteiger partial charge in [-0.2, -0.15) is 5.10 Å². The second-order valence-corrected chi connectivity index (χ2v) is 6.86. The maximum absolute atomic E-state index is 12.2. The number of pyridine rings is 1. The Hall–Kier alpha value is -3.52. The van der Waals surface area contributed by atoms with E-state index >= 15 is 0 Å². The van der Waals surface area contributed by atoms with Crippen LogP contribution in [-0.2, 0) is 4.79 Å². The van der Waals surface area contributed by atoms with Gasteiger partial charge in [-0.25, -0.2) is 19.6 Å². The first-order chi connectivity index (χ1) is 14.0. The molecule has 9 heteroatoms. The molecule has 0 radical (unpaired) electrons. The van der Waals surface area contributed by atoms with Gasteiger partial charge < -0.3 is 10.1 Å². The molecule has 0 unspecified atom stereocenters. The second-order valence-electron chi connectivity index (χ2n) is 6.50. The number of aromatic nitrogens is 5. The van der Waals surface area contributed by atoms with Crippen molar-refractivity contribution in [2.45, 2.75) is 13.8 Å². The number of ether oxygens (including phenoxy) is 1. The van der Waals surface area contributed by atoms with Crippen LogP contribution in [0.15, 0.2) is 49.1 Å². The smallest absolute Gasteiger partial charge is 0.262 e. The number of fused-ring (bicyclic) bond motifs is 1. The molecule has 0 aliphatic carbocycles. The highest BCUT2D eigenvalue weighted by Crippen LogP contribution is 2.24. The maximum atomic E-state index is 12.2. The molecule has 1 N–H and O–H groups in total. The van der Waals surface area contributed by atoms with Gasteiger partial charge in [-0.3, -0.25) is 4.79 Å². The first-order valence-corrected chi connectivity index (χ1v) is 9.19. The average Bonchev–Trinajstić information content (AvgIpc) is 3.12. The third-order valence-electron chi connectivity index (χ3n) is 4.15. The van der Waals surface area contributed by atoms with Crippen molar-refractivity contribution in [2.75, 3.05) is 11.9 Å². The topological polar surface area (TPSA) is 94.8 Å². The molecule has 3 aromatic heterocycles. The quantitative estimate of drug-likeness (QED) is 0.508. The zero-order valence-corrected chi connectivity index (χ0v) is 16.5. The lowest BCUT2D eigenvalue weighted by atomic mass is 10.1.